The molecule has 0 aliphatic rings. The highest BCUT2D eigenvalue weighted by atomic mass is 35.5. The van der Waals surface area contributed by atoms with Crippen LogP contribution < -0.4 is 14.8 Å². The van der Waals surface area contributed by atoms with E-state index in [2.05, 4.69) is 41.7 Å². The van der Waals surface area contributed by atoms with Crippen molar-refractivity contribution in [1.82, 2.24) is 0 Å². The van der Waals surface area contributed by atoms with Gasteiger partial charge in [-0.05, 0) is 41.5 Å². The van der Waals surface area contributed by atoms with Gasteiger partial charge >= 0.3 is 0 Å². The minimum absolute atomic E-state index is 0.529. The van der Waals surface area contributed by atoms with Crippen molar-refractivity contribution in [3.05, 3.63) is 94.5 Å². The standard InChI is InChI=1S/C23H24ClNO2/c1-26-22-12-9-20(15-23(22)27-17-19-5-3-2-4-6-19)16-25-14-13-18-7-10-21(24)11-8-18/h2-12,15,25H,13-14,16-17H2,1H3/p+1. The van der Waals surface area contributed by atoms with Crippen molar-refractivity contribution < 1.29 is 14.8 Å². The first-order valence-corrected chi connectivity index (χ1v) is 9.52. The van der Waals surface area contributed by atoms with Gasteiger partial charge in [0.15, 0.2) is 11.5 Å². The maximum Gasteiger partial charge on any atom is 0.162 e. The first-order valence-electron chi connectivity index (χ1n) is 9.14. The van der Waals surface area contributed by atoms with Crippen LogP contribution in [0.3, 0.4) is 0 Å². The van der Waals surface area contributed by atoms with Gasteiger partial charge in [0.1, 0.15) is 13.2 Å². The summed E-state index contributed by atoms with van der Waals surface area (Å²) in [6.45, 7) is 2.45. The Morgan fingerprint density at radius 1 is 0.815 bits per heavy atom. The Morgan fingerprint density at radius 3 is 2.30 bits per heavy atom. The van der Waals surface area contributed by atoms with Crippen LogP contribution in [0.25, 0.3) is 0 Å². The summed E-state index contributed by atoms with van der Waals surface area (Å²) in [5, 5.41) is 3.08. The quantitative estimate of drug-likeness (QED) is 0.562. The Kier molecular flexibility index (Phi) is 7.14. The largest absolute Gasteiger partial charge is 0.493 e. The van der Waals surface area contributed by atoms with E-state index in [0.717, 1.165) is 41.6 Å². The molecule has 0 heterocycles. The molecule has 0 saturated heterocycles. The monoisotopic (exact) mass is 382 g/mol. The van der Waals surface area contributed by atoms with Gasteiger partial charge < -0.3 is 14.8 Å². The van der Waals surface area contributed by atoms with E-state index in [1.54, 1.807) is 7.11 Å². The van der Waals surface area contributed by atoms with Crippen LogP contribution in [-0.4, -0.2) is 13.7 Å². The number of nitrogens with two attached hydrogens (primary N) is 1. The van der Waals surface area contributed by atoms with Gasteiger partial charge in [-0.3, -0.25) is 0 Å². The lowest BCUT2D eigenvalue weighted by molar-refractivity contribution is -0.670. The first kappa shape index (κ1) is 19.3. The lowest BCUT2D eigenvalue weighted by Gasteiger charge is -2.12. The highest BCUT2D eigenvalue weighted by molar-refractivity contribution is 6.30. The summed E-state index contributed by atoms with van der Waals surface area (Å²) in [6.07, 6.45) is 1.02. The number of benzene rings is 3. The molecule has 0 bridgehead atoms. The number of ether oxygens (including phenoxy) is 2. The van der Waals surface area contributed by atoms with Gasteiger partial charge in [0.2, 0.25) is 0 Å². The zero-order chi connectivity index (χ0) is 18.9. The predicted molar refractivity (Wildman–Crippen MR) is 109 cm³/mol. The maximum absolute atomic E-state index is 5.99. The Hall–Kier alpha value is -2.49. The van der Waals surface area contributed by atoms with E-state index in [0.29, 0.717) is 6.61 Å². The van der Waals surface area contributed by atoms with E-state index >= 15 is 0 Å². The van der Waals surface area contributed by atoms with Gasteiger partial charge in [-0.25, -0.2) is 0 Å². The fraction of sp³-hybridized carbons (Fsp3) is 0.217. The highest BCUT2D eigenvalue weighted by Crippen LogP contribution is 2.28. The molecule has 0 radical (unpaired) electrons. The van der Waals surface area contributed by atoms with Crippen LogP contribution >= 0.6 is 11.6 Å². The molecule has 0 aromatic heterocycles. The molecule has 3 rings (SSSR count). The van der Waals surface area contributed by atoms with Crippen LogP contribution in [0.4, 0.5) is 0 Å². The van der Waals surface area contributed by atoms with Crippen LogP contribution in [-0.2, 0) is 19.6 Å². The van der Waals surface area contributed by atoms with Crippen molar-refractivity contribution in [1.29, 1.82) is 0 Å². The van der Waals surface area contributed by atoms with Gasteiger partial charge in [-0.2, -0.15) is 0 Å². The summed E-state index contributed by atoms with van der Waals surface area (Å²) < 4.78 is 11.4. The number of quaternary nitrogens is 1. The lowest BCUT2D eigenvalue weighted by atomic mass is 10.1. The fourth-order valence-electron chi connectivity index (χ4n) is 2.88. The first-order chi connectivity index (χ1) is 13.2. The average molecular weight is 383 g/mol. The van der Waals surface area contributed by atoms with E-state index in [1.807, 2.05) is 36.4 Å². The van der Waals surface area contributed by atoms with Gasteiger partial charge in [0.25, 0.3) is 0 Å². The Labute approximate surface area is 165 Å². The summed E-state index contributed by atoms with van der Waals surface area (Å²) in [7, 11) is 1.67. The molecule has 0 fully saturated rings. The number of rotatable bonds is 9. The van der Waals surface area contributed by atoms with E-state index in [4.69, 9.17) is 21.1 Å². The third-order valence-corrected chi connectivity index (χ3v) is 4.65. The topological polar surface area (TPSA) is 35.1 Å². The van der Waals surface area contributed by atoms with Gasteiger partial charge in [-0.1, -0.05) is 54.1 Å². The molecule has 0 aliphatic carbocycles. The van der Waals surface area contributed by atoms with E-state index in [-0.39, 0.29) is 0 Å². The van der Waals surface area contributed by atoms with Crippen LogP contribution in [0.1, 0.15) is 16.7 Å². The summed E-state index contributed by atoms with van der Waals surface area (Å²) in [5.41, 5.74) is 3.66. The van der Waals surface area contributed by atoms with E-state index in [9.17, 15) is 0 Å². The van der Waals surface area contributed by atoms with Crippen LogP contribution in [0, 0.1) is 0 Å². The zero-order valence-corrected chi connectivity index (χ0v) is 16.3. The molecule has 140 valence electrons. The zero-order valence-electron chi connectivity index (χ0n) is 15.5. The molecule has 2 N–H and O–H groups in total. The van der Waals surface area contributed by atoms with E-state index < -0.39 is 0 Å². The Bertz CT molecular complexity index is 835. The molecule has 0 atom stereocenters. The molecular weight excluding hydrogens is 358 g/mol. The highest BCUT2D eigenvalue weighted by Gasteiger charge is 2.07. The number of hydrogen-bond acceptors (Lipinski definition) is 2. The molecule has 0 unspecified atom stereocenters. The summed E-state index contributed by atoms with van der Waals surface area (Å²) in [5.74, 6) is 1.54. The van der Waals surface area contributed by atoms with Crippen molar-refractivity contribution in [2.75, 3.05) is 13.7 Å². The van der Waals surface area contributed by atoms with Crippen molar-refractivity contribution in [3.8, 4) is 11.5 Å². The molecule has 3 aromatic carbocycles. The third kappa shape index (κ3) is 6.02. The fourth-order valence-corrected chi connectivity index (χ4v) is 3.01. The SMILES string of the molecule is COc1ccc(C[NH2+]CCc2ccc(Cl)cc2)cc1OCc1ccccc1. The molecule has 0 spiro atoms. The minimum Gasteiger partial charge on any atom is -0.493 e. The lowest BCUT2D eigenvalue weighted by Crippen LogP contribution is -2.83. The molecule has 0 amide bonds. The smallest absolute Gasteiger partial charge is 0.162 e. The molecule has 0 saturated carbocycles. The van der Waals surface area contributed by atoms with Gasteiger partial charge in [0.05, 0.1) is 13.7 Å². The summed E-state index contributed by atoms with van der Waals surface area (Å²) in [6, 6.07) is 24.3. The summed E-state index contributed by atoms with van der Waals surface area (Å²) in [4.78, 5) is 0. The normalized spacial score (nSPS) is 10.6. The van der Waals surface area contributed by atoms with Crippen molar-refractivity contribution in [3.63, 3.8) is 0 Å². The number of hydrogen-bond donors (Lipinski definition) is 1. The average Bonchev–Trinajstić information content (AvgIpc) is 2.72. The third-order valence-electron chi connectivity index (χ3n) is 4.40. The molecule has 27 heavy (non-hydrogen) atoms. The Balaban J connectivity index is 1.53. The van der Waals surface area contributed by atoms with E-state index in [1.165, 1.54) is 11.1 Å². The van der Waals surface area contributed by atoms with Crippen molar-refractivity contribution >= 4 is 11.6 Å². The molecule has 3 nitrogen and oxygen atoms in total. The van der Waals surface area contributed by atoms with Crippen LogP contribution in [0.5, 0.6) is 11.5 Å². The molecule has 3 aromatic rings. The number of halogens is 1. The second-order valence-corrected chi connectivity index (χ2v) is 6.85. The van der Waals surface area contributed by atoms with Crippen molar-refractivity contribution in [2.24, 2.45) is 0 Å². The predicted octanol–water partition coefficient (Wildman–Crippen LogP) is 4.23. The van der Waals surface area contributed by atoms with Gasteiger partial charge in [0, 0.05) is 17.0 Å². The second-order valence-electron chi connectivity index (χ2n) is 6.42. The van der Waals surface area contributed by atoms with Crippen LogP contribution in [0.2, 0.25) is 5.02 Å². The maximum atomic E-state index is 5.99. The summed E-state index contributed by atoms with van der Waals surface area (Å²) >= 11 is 5.93. The molecule has 4 heteroatoms. The van der Waals surface area contributed by atoms with Crippen LogP contribution in [0.15, 0.2) is 72.8 Å². The molecule has 0 aliphatic heterocycles. The van der Waals surface area contributed by atoms with Crippen molar-refractivity contribution in [2.45, 2.75) is 19.6 Å². The van der Waals surface area contributed by atoms with Gasteiger partial charge in [-0.15, -0.1) is 0 Å². The number of methoxy groups -OCH3 is 1. The minimum atomic E-state index is 0.529. The molecular formula is C23H25ClNO2+. The Morgan fingerprint density at radius 2 is 1.56 bits per heavy atom. The second kappa shape index (κ2) is 10.0.